The maximum atomic E-state index is 12.8. The Bertz CT molecular complexity index is 1120. The van der Waals surface area contributed by atoms with Crippen molar-refractivity contribution < 1.29 is 19.0 Å². The Kier molecular flexibility index (Phi) is 5.80. The molecule has 0 spiro atoms. The van der Waals surface area contributed by atoms with Gasteiger partial charge in [-0.05, 0) is 29.8 Å². The van der Waals surface area contributed by atoms with Crippen molar-refractivity contribution in [3.8, 4) is 22.9 Å². The van der Waals surface area contributed by atoms with E-state index in [0.29, 0.717) is 68.8 Å². The van der Waals surface area contributed by atoms with Gasteiger partial charge in [0.1, 0.15) is 19.0 Å². The third kappa shape index (κ3) is 4.47. The number of benzene rings is 1. The highest BCUT2D eigenvalue weighted by Crippen LogP contribution is 2.31. The second kappa shape index (κ2) is 9.19. The number of hydrogen-bond donors (Lipinski definition) is 1. The first-order chi connectivity index (χ1) is 15.8. The second-order valence-corrected chi connectivity index (χ2v) is 7.46. The van der Waals surface area contributed by atoms with Crippen LogP contribution < -0.4 is 14.8 Å². The summed E-state index contributed by atoms with van der Waals surface area (Å²) in [6.45, 7) is 3.97. The molecule has 2 aliphatic heterocycles. The number of rotatable bonds is 5. The summed E-state index contributed by atoms with van der Waals surface area (Å²) in [5, 5.41) is 3.31. The fraction of sp³-hybridized carbons (Fsp3) is 0.304. The standard InChI is InChI=1S/C23H23N5O4/c29-23(28-5-7-30-8-6-28)18-12-17(14-24-15-18)22-25-4-3-21(27-22)26-13-16-1-2-19-20(11-16)32-10-9-31-19/h1-4,11-12,14-15H,5-10,13H2,(H,25,26,27). The van der Waals surface area contributed by atoms with Gasteiger partial charge in [-0.2, -0.15) is 0 Å². The molecule has 0 saturated carbocycles. The molecule has 1 amide bonds. The third-order valence-corrected chi connectivity index (χ3v) is 5.28. The van der Waals surface area contributed by atoms with E-state index in [1.807, 2.05) is 18.2 Å². The number of aromatic nitrogens is 3. The molecule has 1 saturated heterocycles. The van der Waals surface area contributed by atoms with Crippen molar-refractivity contribution in [3.63, 3.8) is 0 Å². The van der Waals surface area contributed by atoms with E-state index in [1.54, 1.807) is 35.6 Å². The maximum Gasteiger partial charge on any atom is 0.255 e. The summed E-state index contributed by atoms with van der Waals surface area (Å²) in [6, 6.07) is 9.46. The van der Waals surface area contributed by atoms with Gasteiger partial charge >= 0.3 is 0 Å². The first-order valence-corrected chi connectivity index (χ1v) is 10.5. The molecular weight excluding hydrogens is 410 g/mol. The Hall–Kier alpha value is -3.72. The predicted octanol–water partition coefficient (Wildman–Crippen LogP) is 2.39. The van der Waals surface area contributed by atoms with E-state index in [2.05, 4.69) is 20.3 Å². The molecule has 1 aromatic carbocycles. The molecule has 2 aromatic heterocycles. The van der Waals surface area contributed by atoms with Crippen LogP contribution in [-0.4, -0.2) is 65.3 Å². The Morgan fingerprint density at radius 3 is 2.72 bits per heavy atom. The molecule has 3 aromatic rings. The van der Waals surface area contributed by atoms with Gasteiger partial charge in [0.25, 0.3) is 5.91 Å². The average Bonchev–Trinajstić information content (AvgIpc) is 2.87. The number of pyridine rings is 1. The lowest BCUT2D eigenvalue weighted by molar-refractivity contribution is 0.0302. The topological polar surface area (TPSA) is 98.7 Å². The number of morpholine rings is 1. The summed E-state index contributed by atoms with van der Waals surface area (Å²) >= 11 is 0. The van der Waals surface area contributed by atoms with E-state index >= 15 is 0 Å². The number of anilines is 1. The van der Waals surface area contributed by atoms with E-state index < -0.39 is 0 Å². The quantitative estimate of drug-likeness (QED) is 0.655. The summed E-state index contributed by atoms with van der Waals surface area (Å²) in [7, 11) is 0. The molecule has 0 unspecified atom stereocenters. The molecule has 2 aliphatic rings. The molecule has 0 radical (unpaired) electrons. The molecule has 32 heavy (non-hydrogen) atoms. The molecule has 1 fully saturated rings. The zero-order chi connectivity index (χ0) is 21.8. The van der Waals surface area contributed by atoms with Crippen molar-refractivity contribution in [1.29, 1.82) is 0 Å². The van der Waals surface area contributed by atoms with Crippen LogP contribution in [0.1, 0.15) is 15.9 Å². The maximum absolute atomic E-state index is 12.8. The van der Waals surface area contributed by atoms with Crippen LogP contribution in [0.2, 0.25) is 0 Å². The smallest absolute Gasteiger partial charge is 0.255 e. The highest BCUT2D eigenvalue weighted by Gasteiger charge is 2.19. The van der Waals surface area contributed by atoms with Crippen molar-refractivity contribution in [1.82, 2.24) is 19.9 Å². The van der Waals surface area contributed by atoms with E-state index in [9.17, 15) is 4.79 Å². The number of fused-ring (bicyclic) bond motifs is 1. The lowest BCUT2D eigenvalue weighted by atomic mass is 10.1. The molecule has 164 valence electrons. The zero-order valence-electron chi connectivity index (χ0n) is 17.5. The van der Waals surface area contributed by atoms with Gasteiger partial charge in [0.05, 0.1) is 18.8 Å². The van der Waals surface area contributed by atoms with Gasteiger partial charge in [0, 0.05) is 43.8 Å². The number of carbonyl (C=O) groups excluding carboxylic acids is 1. The molecule has 5 rings (SSSR count). The lowest BCUT2D eigenvalue weighted by Crippen LogP contribution is -2.40. The van der Waals surface area contributed by atoms with E-state index in [1.165, 1.54) is 0 Å². The number of hydrogen-bond acceptors (Lipinski definition) is 8. The van der Waals surface area contributed by atoms with Crippen molar-refractivity contribution in [2.75, 3.05) is 44.8 Å². The Labute approximate surface area is 185 Å². The van der Waals surface area contributed by atoms with Crippen molar-refractivity contribution in [2.45, 2.75) is 6.54 Å². The molecular formula is C23H23N5O4. The fourth-order valence-corrected chi connectivity index (χ4v) is 3.61. The van der Waals surface area contributed by atoms with Crippen LogP contribution in [0.5, 0.6) is 11.5 Å². The minimum Gasteiger partial charge on any atom is -0.486 e. The summed E-state index contributed by atoms with van der Waals surface area (Å²) in [5.41, 5.74) is 2.25. The summed E-state index contributed by atoms with van der Waals surface area (Å²) in [6.07, 6.45) is 4.92. The van der Waals surface area contributed by atoms with Crippen LogP contribution in [0.4, 0.5) is 5.82 Å². The lowest BCUT2D eigenvalue weighted by Gasteiger charge is -2.26. The van der Waals surface area contributed by atoms with E-state index in [0.717, 1.165) is 17.1 Å². The Morgan fingerprint density at radius 1 is 1.00 bits per heavy atom. The van der Waals surface area contributed by atoms with Gasteiger partial charge in [-0.25, -0.2) is 9.97 Å². The zero-order valence-corrected chi connectivity index (χ0v) is 17.5. The van der Waals surface area contributed by atoms with Gasteiger partial charge in [-0.1, -0.05) is 6.07 Å². The van der Waals surface area contributed by atoms with E-state index in [-0.39, 0.29) is 5.91 Å². The van der Waals surface area contributed by atoms with Gasteiger partial charge < -0.3 is 24.4 Å². The minimum atomic E-state index is -0.0597. The summed E-state index contributed by atoms with van der Waals surface area (Å²) in [5.74, 6) is 2.64. The molecule has 9 nitrogen and oxygen atoms in total. The fourth-order valence-electron chi connectivity index (χ4n) is 3.61. The molecule has 4 heterocycles. The average molecular weight is 433 g/mol. The predicted molar refractivity (Wildman–Crippen MR) is 117 cm³/mol. The Balaban J connectivity index is 1.29. The molecule has 0 bridgehead atoms. The number of ether oxygens (including phenoxy) is 3. The minimum absolute atomic E-state index is 0.0597. The van der Waals surface area contributed by atoms with Crippen LogP contribution in [0.15, 0.2) is 48.9 Å². The van der Waals surface area contributed by atoms with Gasteiger partial charge in [-0.15, -0.1) is 0 Å². The number of nitrogens with one attached hydrogen (secondary N) is 1. The monoisotopic (exact) mass is 433 g/mol. The van der Waals surface area contributed by atoms with Gasteiger partial charge in [-0.3, -0.25) is 9.78 Å². The van der Waals surface area contributed by atoms with Crippen molar-refractivity contribution in [2.24, 2.45) is 0 Å². The third-order valence-electron chi connectivity index (χ3n) is 5.28. The summed E-state index contributed by atoms with van der Waals surface area (Å²) < 4.78 is 16.5. The number of nitrogens with zero attached hydrogens (tertiary/aromatic N) is 4. The van der Waals surface area contributed by atoms with Gasteiger partial charge in [0.15, 0.2) is 17.3 Å². The first-order valence-electron chi connectivity index (χ1n) is 10.5. The second-order valence-electron chi connectivity index (χ2n) is 7.46. The largest absolute Gasteiger partial charge is 0.486 e. The highest BCUT2D eigenvalue weighted by molar-refractivity contribution is 5.95. The van der Waals surface area contributed by atoms with Crippen LogP contribution >= 0.6 is 0 Å². The van der Waals surface area contributed by atoms with Crippen LogP contribution in [0, 0.1) is 0 Å². The molecule has 0 aliphatic carbocycles. The normalized spacial score (nSPS) is 15.3. The SMILES string of the molecule is O=C(c1cncc(-c2nccc(NCc3ccc4c(c3)OCCO4)n2)c1)N1CCOCC1. The molecule has 9 heteroatoms. The highest BCUT2D eigenvalue weighted by atomic mass is 16.6. The number of amides is 1. The van der Waals surface area contributed by atoms with E-state index in [4.69, 9.17) is 14.2 Å². The first kappa shape index (κ1) is 20.2. The van der Waals surface area contributed by atoms with Crippen LogP contribution in [0.25, 0.3) is 11.4 Å². The molecule has 1 N–H and O–H groups in total. The van der Waals surface area contributed by atoms with Crippen molar-refractivity contribution >= 4 is 11.7 Å². The number of carbonyl (C=O) groups is 1. The Morgan fingerprint density at radius 2 is 1.84 bits per heavy atom. The van der Waals surface area contributed by atoms with Crippen molar-refractivity contribution in [3.05, 3.63) is 60.0 Å². The van der Waals surface area contributed by atoms with Crippen LogP contribution in [-0.2, 0) is 11.3 Å². The summed E-state index contributed by atoms with van der Waals surface area (Å²) in [4.78, 5) is 27.7. The van der Waals surface area contributed by atoms with Crippen LogP contribution in [0.3, 0.4) is 0 Å². The van der Waals surface area contributed by atoms with Gasteiger partial charge in [0.2, 0.25) is 0 Å². The molecule has 0 atom stereocenters.